The Hall–Kier alpha value is -1.59. The largest absolute Gasteiger partial charge is 0.426 e. The maximum absolute atomic E-state index is 12.5. The first-order valence-electron chi connectivity index (χ1n) is 8.19. The number of ketones is 1. The number of para-hydroxylation sites is 1. The topological polar surface area (TPSA) is 59.2 Å². The zero-order chi connectivity index (χ0) is 19.6. The second-order valence-corrected chi connectivity index (χ2v) is 6.05. The van der Waals surface area contributed by atoms with E-state index < -0.39 is 5.97 Å². The van der Waals surface area contributed by atoms with E-state index in [1.807, 2.05) is 13.8 Å². The molecule has 138 valence electrons. The zero-order valence-corrected chi connectivity index (χ0v) is 17.8. The van der Waals surface area contributed by atoms with Gasteiger partial charge in [-0.05, 0) is 35.0 Å². The van der Waals surface area contributed by atoms with Crippen molar-refractivity contribution in [2.45, 2.75) is 48.0 Å². The number of aromatic nitrogens is 1. The number of nitrogens with one attached hydrogen (secondary N) is 1. The minimum absolute atomic E-state index is 0.222. The lowest BCUT2D eigenvalue weighted by molar-refractivity contribution is -0.131. The summed E-state index contributed by atoms with van der Waals surface area (Å²) in [5.74, 6) is -0.561. The third kappa shape index (κ3) is 6.67. The number of benzene rings is 1. The number of hydrogen-bond donors (Lipinski definition) is 1. The number of carbonyl (C=O) groups is 2. The Labute approximate surface area is 163 Å². The van der Waals surface area contributed by atoms with E-state index in [-0.39, 0.29) is 11.5 Å². The number of H-pyrrole nitrogens is 1. The molecule has 0 bridgehead atoms. The van der Waals surface area contributed by atoms with Crippen LogP contribution in [0.4, 0.5) is 0 Å². The van der Waals surface area contributed by atoms with Crippen LogP contribution in [-0.2, 0) is 4.79 Å². The first kappa shape index (κ1) is 23.4. The van der Waals surface area contributed by atoms with E-state index in [0.717, 1.165) is 0 Å². The summed E-state index contributed by atoms with van der Waals surface area (Å²) in [7, 11) is 0. The van der Waals surface area contributed by atoms with Crippen LogP contribution in [-0.4, -0.2) is 16.7 Å². The third-order valence-corrected chi connectivity index (χ3v) is 4.16. The van der Waals surface area contributed by atoms with E-state index in [0.29, 0.717) is 26.4 Å². The molecule has 4 nitrogen and oxygen atoms in total. The predicted molar refractivity (Wildman–Crippen MR) is 107 cm³/mol. The molecule has 0 spiro atoms. The first-order chi connectivity index (χ1) is 11.8. The minimum Gasteiger partial charge on any atom is -0.426 e. The molecule has 1 aromatic carbocycles. The van der Waals surface area contributed by atoms with E-state index in [1.165, 1.54) is 13.3 Å². The molecule has 25 heavy (non-hydrogen) atoms. The van der Waals surface area contributed by atoms with Gasteiger partial charge in [0.25, 0.3) is 0 Å². The summed E-state index contributed by atoms with van der Waals surface area (Å²) in [6, 6.07) is 6.56. The van der Waals surface area contributed by atoms with Gasteiger partial charge in [0, 0.05) is 12.6 Å². The van der Waals surface area contributed by atoms with Gasteiger partial charge in [-0.2, -0.15) is 0 Å². The van der Waals surface area contributed by atoms with E-state index in [1.54, 1.807) is 31.2 Å². The summed E-state index contributed by atoms with van der Waals surface area (Å²) in [4.78, 5) is 26.5. The van der Waals surface area contributed by atoms with Gasteiger partial charge >= 0.3 is 5.97 Å². The lowest BCUT2D eigenvalue weighted by Crippen LogP contribution is -2.09. The van der Waals surface area contributed by atoms with Gasteiger partial charge in [-0.25, -0.2) is 0 Å². The number of aromatic amines is 1. The van der Waals surface area contributed by atoms with Crippen LogP contribution in [0.25, 0.3) is 0 Å². The van der Waals surface area contributed by atoms with Crippen LogP contribution >= 0.6 is 27.5 Å². The second-order valence-electron chi connectivity index (χ2n) is 4.88. The Kier molecular flexibility index (Phi) is 11.1. The molecule has 0 saturated carbocycles. The van der Waals surface area contributed by atoms with Crippen LogP contribution < -0.4 is 4.74 Å². The highest BCUT2D eigenvalue weighted by atomic mass is 79.9. The molecule has 1 aromatic heterocycles. The molecule has 1 N–H and O–H groups in total. The van der Waals surface area contributed by atoms with Crippen molar-refractivity contribution in [3.05, 3.63) is 50.7 Å². The molecule has 6 heteroatoms. The van der Waals surface area contributed by atoms with Crippen LogP contribution in [0, 0.1) is 6.92 Å². The maximum Gasteiger partial charge on any atom is 0.308 e. The molecular formula is C19H25BrClNO3. The SMILES string of the molecule is CC.CC(=O)Oc1ccccc1C(=O)c1[nH]c(C)c(Cl)c1Br.CCC. The highest BCUT2D eigenvalue weighted by molar-refractivity contribution is 9.10. The molecule has 2 rings (SSSR count). The molecule has 0 aliphatic heterocycles. The van der Waals surface area contributed by atoms with Gasteiger partial charge in [-0.3, -0.25) is 9.59 Å². The van der Waals surface area contributed by atoms with Crippen LogP contribution in [0.5, 0.6) is 5.75 Å². The van der Waals surface area contributed by atoms with Crippen molar-refractivity contribution < 1.29 is 14.3 Å². The zero-order valence-electron chi connectivity index (χ0n) is 15.5. The van der Waals surface area contributed by atoms with E-state index >= 15 is 0 Å². The first-order valence-corrected chi connectivity index (χ1v) is 9.36. The maximum atomic E-state index is 12.5. The van der Waals surface area contributed by atoms with Gasteiger partial charge < -0.3 is 9.72 Å². The molecule has 0 radical (unpaired) electrons. The number of hydrogen-bond acceptors (Lipinski definition) is 3. The fourth-order valence-electron chi connectivity index (χ4n) is 1.76. The van der Waals surface area contributed by atoms with Gasteiger partial charge in [0.1, 0.15) is 11.4 Å². The van der Waals surface area contributed by atoms with E-state index in [9.17, 15) is 9.59 Å². The number of rotatable bonds is 3. The fourth-order valence-corrected chi connectivity index (χ4v) is 2.48. The van der Waals surface area contributed by atoms with Crippen LogP contribution in [0.3, 0.4) is 0 Å². The summed E-state index contributed by atoms with van der Waals surface area (Å²) in [6.07, 6.45) is 1.25. The van der Waals surface area contributed by atoms with E-state index in [2.05, 4.69) is 34.8 Å². The Morgan fingerprint density at radius 1 is 1.20 bits per heavy atom. The van der Waals surface area contributed by atoms with Gasteiger partial charge in [0.05, 0.1) is 15.1 Å². The molecule has 0 aliphatic carbocycles. The molecule has 0 atom stereocenters. The minimum atomic E-state index is -0.481. The number of halogens is 2. The van der Waals surface area contributed by atoms with Crippen molar-refractivity contribution in [3.63, 3.8) is 0 Å². The van der Waals surface area contributed by atoms with Crippen molar-refractivity contribution in [2.24, 2.45) is 0 Å². The van der Waals surface area contributed by atoms with Gasteiger partial charge in [0.15, 0.2) is 0 Å². The molecule has 0 amide bonds. The number of aryl methyl sites for hydroxylation is 1. The van der Waals surface area contributed by atoms with Gasteiger partial charge in [-0.15, -0.1) is 0 Å². The van der Waals surface area contributed by atoms with Gasteiger partial charge in [0.2, 0.25) is 5.78 Å². The Balaban J connectivity index is 0.00000104. The molecule has 0 saturated heterocycles. The summed E-state index contributed by atoms with van der Waals surface area (Å²) in [5.41, 5.74) is 1.31. The Morgan fingerprint density at radius 3 is 2.16 bits per heavy atom. The lowest BCUT2D eigenvalue weighted by atomic mass is 10.1. The summed E-state index contributed by atoms with van der Waals surface area (Å²) in [5, 5.41) is 0.457. The van der Waals surface area contributed by atoms with Crippen LogP contribution in [0.1, 0.15) is 62.8 Å². The average molecular weight is 431 g/mol. The fraction of sp³-hybridized carbons (Fsp3) is 0.368. The lowest BCUT2D eigenvalue weighted by Gasteiger charge is -2.07. The van der Waals surface area contributed by atoms with Crippen molar-refractivity contribution in [2.75, 3.05) is 0 Å². The third-order valence-electron chi connectivity index (χ3n) is 2.67. The van der Waals surface area contributed by atoms with Crippen molar-refractivity contribution in [1.29, 1.82) is 0 Å². The van der Waals surface area contributed by atoms with Gasteiger partial charge in [-0.1, -0.05) is 57.8 Å². The summed E-state index contributed by atoms with van der Waals surface area (Å²) >= 11 is 9.32. The van der Waals surface area contributed by atoms with Crippen LogP contribution in [0.2, 0.25) is 5.02 Å². The van der Waals surface area contributed by atoms with Crippen molar-refractivity contribution in [3.8, 4) is 5.75 Å². The molecular weight excluding hydrogens is 406 g/mol. The van der Waals surface area contributed by atoms with Crippen LogP contribution in [0.15, 0.2) is 28.7 Å². The Morgan fingerprint density at radius 2 is 1.72 bits per heavy atom. The molecule has 2 aromatic rings. The highest BCUT2D eigenvalue weighted by Gasteiger charge is 2.22. The smallest absolute Gasteiger partial charge is 0.308 e. The normalized spacial score (nSPS) is 9.28. The quantitative estimate of drug-likeness (QED) is 0.351. The number of carbonyl (C=O) groups excluding carboxylic acids is 2. The second kappa shape index (κ2) is 11.9. The van der Waals surface area contributed by atoms with Crippen molar-refractivity contribution >= 4 is 39.3 Å². The predicted octanol–water partition coefficient (Wildman–Crippen LogP) is 6.34. The number of ether oxygens (including phenoxy) is 1. The Bertz CT molecular complexity index is 711. The highest BCUT2D eigenvalue weighted by Crippen LogP contribution is 2.32. The summed E-state index contributed by atoms with van der Waals surface area (Å²) in [6.45, 7) is 11.3. The van der Waals surface area contributed by atoms with Crippen molar-refractivity contribution in [1.82, 2.24) is 4.98 Å². The molecule has 0 unspecified atom stereocenters. The average Bonchev–Trinajstić information content (AvgIpc) is 2.84. The van der Waals surface area contributed by atoms with E-state index in [4.69, 9.17) is 16.3 Å². The summed E-state index contributed by atoms with van der Waals surface area (Å²) < 4.78 is 5.54. The monoisotopic (exact) mass is 429 g/mol. The molecule has 1 heterocycles. The number of esters is 1. The molecule has 0 fully saturated rings. The molecule has 0 aliphatic rings. The standard InChI is InChI=1S/C14H11BrClNO3.C3H8.C2H6/c1-7-12(16)11(15)13(17-7)14(19)9-5-3-4-6-10(9)20-8(2)18;1-3-2;1-2/h3-6,17H,1-2H3;3H2,1-2H3;1-2H3.